The lowest BCUT2D eigenvalue weighted by molar-refractivity contribution is 0.0468. The second-order valence-corrected chi connectivity index (χ2v) is 4.13. The van der Waals surface area contributed by atoms with Crippen molar-refractivity contribution in [2.45, 2.75) is 25.3 Å². The van der Waals surface area contributed by atoms with Crippen LogP contribution in [-0.4, -0.2) is 57.4 Å². The number of rotatable bonds is 11. The number of aliphatic hydroxyl groups is 1. The minimum absolute atomic E-state index is 0.0174. The Labute approximate surface area is 97.9 Å². The highest BCUT2D eigenvalue weighted by atomic mass is 16.5. The molecule has 0 aliphatic carbocycles. The van der Waals surface area contributed by atoms with Crippen LogP contribution in [0.1, 0.15) is 19.8 Å². The molecule has 5 heteroatoms. The van der Waals surface area contributed by atoms with Crippen LogP contribution in [0.2, 0.25) is 0 Å². The Morgan fingerprint density at radius 2 is 1.69 bits per heavy atom. The van der Waals surface area contributed by atoms with Gasteiger partial charge >= 0.3 is 0 Å². The predicted octanol–water partition coefficient (Wildman–Crippen LogP) is 0.156. The highest BCUT2D eigenvalue weighted by molar-refractivity contribution is 4.76. The van der Waals surface area contributed by atoms with E-state index in [4.69, 9.17) is 25.1 Å². The summed E-state index contributed by atoms with van der Waals surface area (Å²) in [5.74, 6) is 0. The third-order valence-corrected chi connectivity index (χ3v) is 2.19. The molecule has 0 bridgehead atoms. The van der Waals surface area contributed by atoms with Gasteiger partial charge in [0.2, 0.25) is 0 Å². The Balaban J connectivity index is 3.10. The minimum atomic E-state index is -0.533. The first-order chi connectivity index (χ1) is 7.62. The Bertz CT molecular complexity index is 153. The van der Waals surface area contributed by atoms with Crippen molar-refractivity contribution in [1.29, 1.82) is 0 Å². The maximum atomic E-state index is 8.90. The molecule has 0 heterocycles. The Morgan fingerprint density at radius 1 is 1.06 bits per heavy atom. The molecule has 0 saturated carbocycles. The van der Waals surface area contributed by atoms with Crippen LogP contribution in [0.15, 0.2) is 0 Å². The third kappa shape index (κ3) is 10.3. The summed E-state index contributed by atoms with van der Waals surface area (Å²) in [4.78, 5) is 0. The van der Waals surface area contributed by atoms with E-state index >= 15 is 0 Å². The zero-order chi connectivity index (χ0) is 12.3. The van der Waals surface area contributed by atoms with E-state index < -0.39 is 5.54 Å². The number of nitrogens with two attached hydrogens (primary N) is 1. The number of aliphatic hydroxyl groups excluding tert-OH is 1. The molecule has 0 rings (SSSR count). The molecule has 0 aliphatic heterocycles. The van der Waals surface area contributed by atoms with Crippen molar-refractivity contribution in [1.82, 2.24) is 0 Å². The van der Waals surface area contributed by atoms with Crippen LogP contribution in [0, 0.1) is 0 Å². The Kier molecular flexibility index (Phi) is 9.86. The third-order valence-electron chi connectivity index (χ3n) is 2.19. The Hall–Kier alpha value is -0.200. The first-order valence-corrected chi connectivity index (χ1v) is 5.66. The summed E-state index contributed by atoms with van der Waals surface area (Å²) in [6.07, 6.45) is 1.53. The summed E-state index contributed by atoms with van der Waals surface area (Å²) in [6, 6.07) is 0. The summed E-state index contributed by atoms with van der Waals surface area (Å²) in [7, 11) is 1.65. The number of hydrogen-bond acceptors (Lipinski definition) is 5. The van der Waals surface area contributed by atoms with Gasteiger partial charge in [-0.25, -0.2) is 0 Å². The van der Waals surface area contributed by atoms with Gasteiger partial charge in [-0.15, -0.1) is 0 Å². The molecular weight excluding hydrogens is 210 g/mol. The van der Waals surface area contributed by atoms with Crippen LogP contribution in [0.3, 0.4) is 0 Å². The molecule has 0 radical (unpaired) electrons. The van der Waals surface area contributed by atoms with E-state index in [1.165, 1.54) is 0 Å². The second-order valence-electron chi connectivity index (χ2n) is 4.13. The van der Waals surface area contributed by atoms with Crippen molar-refractivity contribution in [2.24, 2.45) is 5.73 Å². The zero-order valence-corrected chi connectivity index (χ0v) is 10.4. The fraction of sp³-hybridized carbons (Fsp3) is 1.00. The molecule has 98 valence electrons. The summed E-state index contributed by atoms with van der Waals surface area (Å²) in [5.41, 5.74) is 5.21. The van der Waals surface area contributed by atoms with Crippen LogP contribution in [0.4, 0.5) is 0 Å². The molecule has 0 aromatic carbocycles. The maximum absolute atomic E-state index is 8.90. The lowest BCUT2D eigenvalue weighted by Gasteiger charge is -2.21. The van der Waals surface area contributed by atoms with E-state index in [0.29, 0.717) is 39.5 Å². The summed E-state index contributed by atoms with van der Waals surface area (Å²) in [5, 5.41) is 8.90. The average Bonchev–Trinajstić information content (AvgIpc) is 2.27. The van der Waals surface area contributed by atoms with Crippen LogP contribution in [-0.2, 0) is 14.2 Å². The molecule has 0 fully saturated rings. The van der Waals surface area contributed by atoms with E-state index in [1.807, 2.05) is 6.92 Å². The van der Waals surface area contributed by atoms with Crippen LogP contribution in [0.5, 0.6) is 0 Å². The maximum Gasteiger partial charge on any atom is 0.0700 e. The first-order valence-electron chi connectivity index (χ1n) is 5.66. The van der Waals surface area contributed by atoms with E-state index in [1.54, 1.807) is 7.11 Å². The van der Waals surface area contributed by atoms with Crippen molar-refractivity contribution in [3.8, 4) is 0 Å². The smallest absolute Gasteiger partial charge is 0.0700 e. The minimum Gasteiger partial charge on any atom is -0.394 e. The Morgan fingerprint density at radius 3 is 2.25 bits per heavy atom. The van der Waals surface area contributed by atoms with Crippen molar-refractivity contribution in [3.05, 3.63) is 0 Å². The fourth-order valence-corrected chi connectivity index (χ4v) is 0.994. The molecular formula is C11H25NO4. The lowest BCUT2D eigenvalue weighted by Crippen LogP contribution is -2.41. The standard InChI is InChI=1S/C11H25NO4/c1-11(12,10-13)4-7-15-5-3-6-16-9-8-14-2/h13H,3-10,12H2,1-2H3. The topological polar surface area (TPSA) is 73.9 Å². The van der Waals surface area contributed by atoms with Gasteiger partial charge in [0.05, 0.1) is 19.8 Å². The van der Waals surface area contributed by atoms with Gasteiger partial charge in [-0.2, -0.15) is 0 Å². The van der Waals surface area contributed by atoms with E-state index in [2.05, 4.69) is 0 Å². The molecule has 0 aromatic heterocycles. The normalized spacial score (nSPS) is 15.0. The molecule has 0 amide bonds. The van der Waals surface area contributed by atoms with Gasteiger partial charge in [0.25, 0.3) is 0 Å². The van der Waals surface area contributed by atoms with Gasteiger partial charge in [-0.1, -0.05) is 0 Å². The average molecular weight is 235 g/mol. The highest BCUT2D eigenvalue weighted by Gasteiger charge is 2.15. The van der Waals surface area contributed by atoms with E-state index in [0.717, 1.165) is 6.42 Å². The highest BCUT2D eigenvalue weighted by Crippen LogP contribution is 2.03. The van der Waals surface area contributed by atoms with Gasteiger partial charge in [-0.3, -0.25) is 0 Å². The molecule has 0 saturated heterocycles. The molecule has 5 nitrogen and oxygen atoms in total. The summed E-state index contributed by atoms with van der Waals surface area (Å²) in [6.45, 7) is 4.97. The fourth-order valence-electron chi connectivity index (χ4n) is 0.994. The summed E-state index contributed by atoms with van der Waals surface area (Å²) < 4.78 is 15.5. The SMILES string of the molecule is COCCOCCCOCCC(C)(N)CO. The van der Waals surface area contributed by atoms with Crippen LogP contribution < -0.4 is 5.73 Å². The molecule has 0 spiro atoms. The van der Waals surface area contributed by atoms with Crippen molar-refractivity contribution in [3.63, 3.8) is 0 Å². The van der Waals surface area contributed by atoms with Gasteiger partial charge in [0.15, 0.2) is 0 Å². The molecule has 16 heavy (non-hydrogen) atoms. The van der Waals surface area contributed by atoms with Crippen LogP contribution >= 0.6 is 0 Å². The zero-order valence-electron chi connectivity index (χ0n) is 10.4. The molecule has 1 unspecified atom stereocenters. The largest absolute Gasteiger partial charge is 0.394 e. The lowest BCUT2D eigenvalue weighted by atomic mass is 10.0. The molecule has 1 atom stereocenters. The second kappa shape index (κ2) is 9.99. The number of ether oxygens (including phenoxy) is 3. The van der Waals surface area contributed by atoms with Gasteiger partial charge < -0.3 is 25.1 Å². The van der Waals surface area contributed by atoms with Crippen molar-refractivity contribution >= 4 is 0 Å². The molecule has 3 N–H and O–H groups in total. The van der Waals surface area contributed by atoms with Crippen molar-refractivity contribution < 1.29 is 19.3 Å². The summed E-state index contributed by atoms with van der Waals surface area (Å²) >= 11 is 0. The van der Waals surface area contributed by atoms with E-state index in [-0.39, 0.29) is 6.61 Å². The van der Waals surface area contributed by atoms with E-state index in [9.17, 15) is 0 Å². The molecule has 0 aromatic rings. The van der Waals surface area contributed by atoms with Gasteiger partial charge in [0, 0.05) is 32.5 Å². The van der Waals surface area contributed by atoms with Crippen molar-refractivity contribution in [2.75, 3.05) is 46.8 Å². The number of hydrogen-bond donors (Lipinski definition) is 2. The quantitative estimate of drug-likeness (QED) is 0.499. The number of methoxy groups -OCH3 is 1. The van der Waals surface area contributed by atoms with Gasteiger partial charge in [0.1, 0.15) is 0 Å². The van der Waals surface area contributed by atoms with Gasteiger partial charge in [-0.05, 0) is 19.8 Å². The molecule has 0 aliphatic rings. The monoisotopic (exact) mass is 235 g/mol. The predicted molar refractivity (Wildman–Crippen MR) is 62.4 cm³/mol. The van der Waals surface area contributed by atoms with Crippen LogP contribution in [0.25, 0.3) is 0 Å². The first kappa shape index (κ1) is 15.8.